The molecule has 0 fully saturated rings. The number of hydrogen-bond donors (Lipinski definition) is 0. The summed E-state index contributed by atoms with van der Waals surface area (Å²) in [4.78, 5) is 12.5. The maximum Gasteiger partial charge on any atom is 0.193 e. The van der Waals surface area contributed by atoms with E-state index >= 15 is 0 Å². The van der Waals surface area contributed by atoms with Crippen LogP contribution in [0, 0.1) is 6.92 Å². The quantitative estimate of drug-likeness (QED) is 0.730. The number of carbonyl (C=O) groups excluding carboxylic acids is 1. The normalized spacial score (nSPS) is 10.5. The van der Waals surface area contributed by atoms with Gasteiger partial charge in [-0.3, -0.25) is 4.79 Å². The standard InChI is InChI=1S/C17H17BrO/c1-3-5-13-6-4-7-14(11-13)17(19)15-8-9-16(18)12(2)10-15/h4,6-11H,3,5H2,1-2H3. The van der Waals surface area contributed by atoms with E-state index in [9.17, 15) is 4.79 Å². The van der Waals surface area contributed by atoms with Crippen LogP contribution in [0.15, 0.2) is 46.9 Å². The lowest BCUT2D eigenvalue weighted by molar-refractivity contribution is 0.103. The van der Waals surface area contributed by atoms with Gasteiger partial charge >= 0.3 is 0 Å². The Hall–Kier alpha value is -1.41. The maximum atomic E-state index is 12.5. The minimum Gasteiger partial charge on any atom is -0.289 e. The number of aryl methyl sites for hydroxylation is 2. The fraction of sp³-hybridized carbons (Fsp3) is 0.235. The summed E-state index contributed by atoms with van der Waals surface area (Å²) >= 11 is 3.46. The van der Waals surface area contributed by atoms with Crippen molar-refractivity contribution in [2.24, 2.45) is 0 Å². The Morgan fingerprint density at radius 2 is 1.84 bits per heavy atom. The molecule has 98 valence electrons. The Morgan fingerprint density at radius 3 is 2.53 bits per heavy atom. The predicted octanol–water partition coefficient (Wildman–Crippen LogP) is 4.94. The number of ketones is 1. The third-order valence-corrected chi connectivity index (χ3v) is 4.04. The van der Waals surface area contributed by atoms with Crippen LogP contribution >= 0.6 is 15.9 Å². The molecule has 2 aromatic carbocycles. The first-order chi connectivity index (χ1) is 9.11. The molecule has 0 aliphatic heterocycles. The second-order valence-electron chi connectivity index (χ2n) is 4.74. The molecular formula is C17H17BrO. The molecule has 2 heteroatoms. The molecule has 0 unspecified atom stereocenters. The third kappa shape index (κ3) is 3.32. The summed E-state index contributed by atoms with van der Waals surface area (Å²) in [6.07, 6.45) is 2.11. The lowest BCUT2D eigenvalue weighted by Crippen LogP contribution is -2.02. The smallest absolute Gasteiger partial charge is 0.193 e. The van der Waals surface area contributed by atoms with Gasteiger partial charge in [0.15, 0.2) is 5.78 Å². The molecule has 0 aromatic heterocycles. The zero-order valence-corrected chi connectivity index (χ0v) is 12.8. The van der Waals surface area contributed by atoms with Crippen LogP contribution in [0.3, 0.4) is 0 Å². The van der Waals surface area contributed by atoms with E-state index in [2.05, 4.69) is 28.9 Å². The van der Waals surface area contributed by atoms with Crippen molar-refractivity contribution in [3.8, 4) is 0 Å². The van der Waals surface area contributed by atoms with Crippen molar-refractivity contribution in [2.45, 2.75) is 26.7 Å². The summed E-state index contributed by atoms with van der Waals surface area (Å²) in [7, 11) is 0. The minimum absolute atomic E-state index is 0.0913. The number of rotatable bonds is 4. The van der Waals surface area contributed by atoms with E-state index in [0.29, 0.717) is 0 Å². The zero-order valence-electron chi connectivity index (χ0n) is 11.2. The van der Waals surface area contributed by atoms with Crippen LogP contribution in [-0.2, 0) is 6.42 Å². The molecule has 0 spiro atoms. The fourth-order valence-corrected chi connectivity index (χ4v) is 2.36. The summed E-state index contributed by atoms with van der Waals surface area (Å²) in [5, 5.41) is 0. The summed E-state index contributed by atoms with van der Waals surface area (Å²) in [6, 6.07) is 13.7. The highest BCUT2D eigenvalue weighted by Gasteiger charge is 2.10. The molecule has 1 nitrogen and oxygen atoms in total. The molecule has 0 bridgehead atoms. The van der Waals surface area contributed by atoms with Crippen LogP contribution in [-0.4, -0.2) is 5.78 Å². The lowest BCUT2D eigenvalue weighted by Gasteiger charge is -2.06. The van der Waals surface area contributed by atoms with Gasteiger partial charge in [0.25, 0.3) is 0 Å². The van der Waals surface area contributed by atoms with Crippen molar-refractivity contribution >= 4 is 21.7 Å². The second-order valence-corrected chi connectivity index (χ2v) is 5.60. The van der Waals surface area contributed by atoms with E-state index in [1.807, 2.05) is 43.3 Å². The SMILES string of the molecule is CCCc1cccc(C(=O)c2ccc(Br)c(C)c2)c1. The first-order valence-electron chi connectivity index (χ1n) is 6.51. The van der Waals surface area contributed by atoms with Crippen LogP contribution in [0.1, 0.15) is 40.4 Å². The summed E-state index contributed by atoms with van der Waals surface area (Å²) in [6.45, 7) is 4.14. The molecule has 0 heterocycles. The average molecular weight is 317 g/mol. The topological polar surface area (TPSA) is 17.1 Å². The average Bonchev–Trinajstić information content (AvgIpc) is 2.42. The van der Waals surface area contributed by atoms with Gasteiger partial charge in [-0.25, -0.2) is 0 Å². The van der Waals surface area contributed by atoms with Gasteiger partial charge in [-0.1, -0.05) is 47.5 Å². The van der Waals surface area contributed by atoms with E-state index < -0.39 is 0 Å². The second kappa shape index (κ2) is 6.16. The van der Waals surface area contributed by atoms with Crippen molar-refractivity contribution in [3.63, 3.8) is 0 Å². The molecule has 0 saturated heterocycles. The molecule has 2 rings (SSSR count). The molecule has 19 heavy (non-hydrogen) atoms. The van der Waals surface area contributed by atoms with Crippen molar-refractivity contribution in [2.75, 3.05) is 0 Å². The van der Waals surface area contributed by atoms with E-state index in [4.69, 9.17) is 0 Å². The molecule has 0 radical (unpaired) electrons. The summed E-state index contributed by atoms with van der Waals surface area (Å²) < 4.78 is 1.03. The number of carbonyl (C=O) groups is 1. The number of halogens is 1. The Morgan fingerprint density at radius 1 is 1.11 bits per heavy atom. The van der Waals surface area contributed by atoms with Gasteiger partial charge < -0.3 is 0 Å². The molecule has 0 N–H and O–H groups in total. The van der Waals surface area contributed by atoms with Gasteiger partial charge in [-0.2, -0.15) is 0 Å². The number of hydrogen-bond acceptors (Lipinski definition) is 1. The predicted molar refractivity (Wildman–Crippen MR) is 82.7 cm³/mol. The molecule has 0 amide bonds. The number of benzene rings is 2. The van der Waals surface area contributed by atoms with E-state index in [1.165, 1.54) is 5.56 Å². The summed E-state index contributed by atoms with van der Waals surface area (Å²) in [5.74, 6) is 0.0913. The van der Waals surface area contributed by atoms with Crippen molar-refractivity contribution < 1.29 is 4.79 Å². The highest BCUT2D eigenvalue weighted by molar-refractivity contribution is 9.10. The van der Waals surface area contributed by atoms with E-state index in [0.717, 1.165) is 34.0 Å². The van der Waals surface area contributed by atoms with Crippen molar-refractivity contribution in [1.29, 1.82) is 0 Å². The highest BCUT2D eigenvalue weighted by atomic mass is 79.9. The Bertz CT molecular complexity index is 602. The van der Waals surface area contributed by atoms with E-state index in [1.54, 1.807) is 0 Å². The Balaban J connectivity index is 2.32. The summed E-state index contributed by atoms with van der Waals surface area (Å²) in [5.41, 5.74) is 3.82. The zero-order chi connectivity index (χ0) is 13.8. The highest BCUT2D eigenvalue weighted by Crippen LogP contribution is 2.19. The van der Waals surface area contributed by atoms with Gasteiger partial charge in [-0.05, 0) is 48.7 Å². The monoisotopic (exact) mass is 316 g/mol. The third-order valence-electron chi connectivity index (χ3n) is 3.15. The first kappa shape index (κ1) is 14.0. The van der Waals surface area contributed by atoms with Gasteiger partial charge in [0.05, 0.1) is 0 Å². The maximum absolute atomic E-state index is 12.5. The van der Waals surface area contributed by atoms with Crippen LogP contribution in [0.25, 0.3) is 0 Å². The van der Waals surface area contributed by atoms with Crippen molar-refractivity contribution in [1.82, 2.24) is 0 Å². The fourth-order valence-electron chi connectivity index (χ4n) is 2.11. The molecule has 2 aromatic rings. The molecule has 0 aliphatic rings. The molecule has 0 saturated carbocycles. The van der Waals surface area contributed by atoms with E-state index in [-0.39, 0.29) is 5.78 Å². The minimum atomic E-state index is 0.0913. The van der Waals surface area contributed by atoms with Gasteiger partial charge in [0.2, 0.25) is 0 Å². The largest absolute Gasteiger partial charge is 0.289 e. The molecular weight excluding hydrogens is 300 g/mol. The van der Waals surface area contributed by atoms with Crippen LogP contribution < -0.4 is 0 Å². The first-order valence-corrected chi connectivity index (χ1v) is 7.31. The Labute approximate surface area is 122 Å². The lowest BCUT2D eigenvalue weighted by atomic mass is 9.99. The molecule has 0 aliphatic carbocycles. The van der Waals surface area contributed by atoms with Crippen LogP contribution in [0.2, 0.25) is 0 Å². The van der Waals surface area contributed by atoms with Crippen LogP contribution in [0.5, 0.6) is 0 Å². The molecule has 0 atom stereocenters. The van der Waals surface area contributed by atoms with Gasteiger partial charge in [0.1, 0.15) is 0 Å². The van der Waals surface area contributed by atoms with Gasteiger partial charge in [0, 0.05) is 15.6 Å². The van der Waals surface area contributed by atoms with Crippen molar-refractivity contribution in [3.05, 3.63) is 69.2 Å². The van der Waals surface area contributed by atoms with Crippen LogP contribution in [0.4, 0.5) is 0 Å². The Kier molecular flexibility index (Phi) is 4.54. The van der Waals surface area contributed by atoms with Gasteiger partial charge in [-0.15, -0.1) is 0 Å².